The molecule has 1 aromatic heterocycles. The van der Waals surface area contributed by atoms with Crippen LogP contribution in [-0.2, 0) is 0 Å². The van der Waals surface area contributed by atoms with E-state index in [-0.39, 0.29) is 5.69 Å². The zero-order valence-electron chi connectivity index (χ0n) is 11.0. The first-order chi connectivity index (χ1) is 9.65. The van der Waals surface area contributed by atoms with Crippen LogP contribution in [0.4, 0.5) is 0 Å². The van der Waals surface area contributed by atoms with Crippen molar-refractivity contribution in [3.63, 3.8) is 0 Å². The quantitative estimate of drug-likeness (QED) is 0.903. The predicted molar refractivity (Wildman–Crippen MR) is 70.8 cm³/mol. The third kappa shape index (κ3) is 2.80. The SMILES string of the molecule is COc1cccc(OC)c1Oc1ccnc(C(=O)O)c1. The number of pyridine rings is 1. The van der Waals surface area contributed by atoms with Crippen molar-refractivity contribution in [3.05, 3.63) is 42.2 Å². The van der Waals surface area contributed by atoms with Crippen molar-refractivity contribution in [2.24, 2.45) is 0 Å². The van der Waals surface area contributed by atoms with Crippen molar-refractivity contribution in [2.45, 2.75) is 0 Å². The Bertz CT molecular complexity index is 604. The topological polar surface area (TPSA) is 77.9 Å². The first-order valence-electron chi connectivity index (χ1n) is 5.74. The summed E-state index contributed by atoms with van der Waals surface area (Å²) in [6, 6.07) is 8.08. The van der Waals surface area contributed by atoms with Gasteiger partial charge in [-0.2, -0.15) is 0 Å². The second kappa shape index (κ2) is 5.92. The van der Waals surface area contributed by atoms with Gasteiger partial charge in [0.05, 0.1) is 14.2 Å². The van der Waals surface area contributed by atoms with Gasteiger partial charge in [0.1, 0.15) is 5.75 Å². The summed E-state index contributed by atoms with van der Waals surface area (Å²) in [6.45, 7) is 0. The van der Waals surface area contributed by atoms with E-state index in [1.807, 2.05) is 0 Å². The Morgan fingerprint density at radius 3 is 2.35 bits per heavy atom. The molecule has 0 saturated carbocycles. The standard InChI is InChI=1S/C14H13NO5/c1-18-11-4-3-5-12(19-2)13(11)20-9-6-7-15-10(8-9)14(16)17/h3-8H,1-2H3,(H,16,17). The molecule has 1 heterocycles. The lowest BCUT2D eigenvalue weighted by molar-refractivity contribution is 0.0690. The van der Waals surface area contributed by atoms with Gasteiger partial charge in [-0.1, -0.05) is 6.07 Å². The number of benzene rings is 1. The average molecular weight is 275 g/mol. The molecule has 0 bridgehead atoms. The van der Waals surface area contributed by atoms with Crippen LogP contribution in [0.15, 0.2) is 36.5 Å². The smallest absolute Gasteiger partial charge is 0.354 e. The minimum Gasteiger partial charge on any atom is -0.493 e. The van der Waals surface area contributed by atoms with Gasteiger partial charge in [0.15, 0.2) is 17.2 Å². The first-order valence-corrected chi connectivity index (χ1v) is 5.74. The highest BCUT2D eigenvalue weighted by Crippen LogP contribution is 2.39. The second-order valence-corrected chi connectivity index (χ2v) is 3.78. The molecule has 6 heteroatoms. The fraction of sp³-hybridized carbons (Fsp3) is 0.143. The number of carbonyl (C=O) groups is 1. The molecule has 6 nitrogen and oxygen atoms in total. The minimum absolute atomic E-state index is 0.101. The van der Waals surface area contributed by atoms with Crippen molar-refractivity contribution < 1.29 is 24.1 Å². The molecule has 0 fully saturated rings. The summed E-state index contributed by atoms with van der Waals surface area (Å²) in [5.74, 6) is 0.554. The van der Waals surface area contributed by atoms with Crippen LogP contribution >= 0.6 is 0 Å². The highest BCUT2D eigenvalue weighted by Gasteiger charge is 2.13. The van der Waals surface area contributed by atoms with Crippen LogP contribution in [-0.4, -0.2) is 30.3 Å². The third-order valence-corrected chi connectivity index (χ3v) is 2.55. The molecule has 1 N–H and O–H groups in total. The lowest BCUT2D eigenvalue weighted by Crippen LogP contribution is -2.00. The Labute approximate surface area is 115 Å². The van der Waals surface area contributed by atoms with Crippen LogP contribution in [0.3, 0.4) is 0 Å². The van der Waals surface area contributed by atoms with Gasteiger partial charge in [-0.3, -0.25) is 0 Å². The average Bonchev–Trinajstić information content (AvgIpc) is 2.47. The molecule has 0 radical (unpaired) electrons. The largest absolute Gasteiger partial charge is 0.493 e. The summed E-state index contributed by atoms with van der Waals surface area (Å²) >= 11 is 0. The van der Waals surface area contributed by atoms with Gasteiger partial charge < -0.3 is 19.3 Å². The molecule has 0 aliphatic heterocycles. The molecular formula is C14H13NO5. The summed E-state index contributed by atoms with van der Waals surface area (Å²) in [5, 5.41) is 8.91. The van der Waals surface area contributed by atoms with Crippen LogP contribution in [0, 0.1) is 0 Å². The Morgan fingerprint density at radius 2 is 1.80 bits per heavy atom. The molecule has 0 aliphatic rings. The van der Waals surface area contributed by atoms with Crippen molar-refractivity contribution in [2.75, 3.05) is 14.2 Å². The zero-order chi connectivity index (χ0) is 14.5. The number of carboxylic acids is 1. The van der Waals surface area contributed by atoms with Crippen LogP contribution in [0.2, 0.25) is 0 Å². The van der Waals surface area contributed by atoms with Crippen LogP contribution in [0.1, 0.15) is 10.5 Å². The first kappa shape index (κ1) is 13.7. The van der Waals surface area contributed by atoms with Crippen molar-refractivity contribution in [1.82, 2.24) is 4.98 Å². The number of methoxy groups -OCH3 is 2. The Hall–Kier alpha value is -2.76. The van der Waals surface area contributed by atoms with E-state index in [0.29, 0.717) is 23.0 Å². The minimum atomic E-state index is -1.12. The highest BCUT2D eigenvalue weighted by atomic mass is 16.5. The number of hydrogen-bond acceptors (Lipinski definition) is 5. The lowest BCUT2D eigenvalue weighted by atomic mass is 10.3. The summed E-state index contributed by atoms with van der Waals surface area (Å²) in [4.78, 5) is 14.6. The van der Waals surface area contributed by atoms with E-state index in [9.17, 15) is 4.79 Å². The molecule has 0 unspecified atom stereocenters. The normalized spacial score (nSPS) is 9.90. The maximum atomic E-state index is 10.9. The Balaban J connectivity index is 2.39. The molecule has 0 spiro atoms. The molecular weight excluding hydrogens is 262 g/mol. The van der Waals surface area contributed by atoms with E-state index in [2.05, 4.69) is 4.98 Å². The van der Waals surface area contributed by atoms with Crippen molar-refractivity contribution >= 4 is 5.97 Å². The molecule has 0 aliphatic carbocycles. The monoisotopic (exact) mass is 275 g/mol. The Morgan fingerprint density at radius 1 is 1.15 bits per heavy atom. The molecule has 2 rings (SSSR count). The fourth-order valence-corrected chi connectivity index (χ4v) is 1.63. The number of aromatic nitrogens is 1. The van der Waals surface area contributed by atoms with Gasteiger partial charge in [-0.05, 0) is 18.2 Å². The van der Waals surface area contributed by atoms with Gasteiger partial charge in [0.25, 0.3) is 0 Å². The van der Waals surface area contributed by atoms with E-state index >= 15 is 0 Å². The number of hydrogen-bond donors (Lipinski definition) is 1. The molecule has 0 atom stereocenters. The third-order valence-electron chi connectivity index (χ3n) is 2.55. The predicted octanol–water partition coefficient (Wildman–Crippen LogP) is 2.59. The van der Waals surface area contributed by atoms with E-state index in [4.69, 9.17) is 19.3 Å². The summed E-state index contributed by atoms with van der Waals surface area (Å²) < 4.78 is 16.1. The van der Waals surface area contributed by atoms with Crippen molar-refractivity contribution in [3.8, 4) is 23.0 Å². The summed E-state index contributed by atoms with van der Waals surface area (Å²) in [6.07, 6.45) is 1.36. The number of carboxylic acid groups (broad SMARTS) is 1. The van der Waals surface area contributed by atoms with Crippen molar-refractivity contribution in [1.29, 1.82) is 0 Å². The molecule has 1 aromatic carbocycles. The molecule has 2 aromatic rings. The zero-order valence-corrected chi connectivity index (χ0v) is 11.0. The van der Waals surface area contributed by atoms with Crippen LogP contribution in [0.5, 0.6) is 23.0 Å². The maximum Gasteiger partial charge on any atom is 0.354 e. The number of para-hydroxylation sites is 1. The summed E-state index contributed by atoms with van der Waals surface area (Å²) in [7, 11) is 3.02. The molecule has 0 saturated heterocycles. The molecule has 20 heavy (non-hydrogen) atoms. The highest BCUT2D eigenvalue weighted by molar-refractivity contribution is 5.85. The lowest BCUT2D eigenvalue weighted by Gasteiger charge is -2.13. The number of rotatable bonds is 5. The molecule has 104 valence electrons. The van der Waals surface area contributed by atoms with E-state index in [1.165, 1.54) is 26.5 Å². The number of aromatic carboxylic acids is 1. The summed E-state index contributed by atoms with van der Waals surface area (Å²) in [5.41, 5.74) is -0.101. The fourth-order valence-electron chi connectivity index (χ4n) is 1.63. The van der Waals surface area contributed by atoms with Crippen LogP contribution in [0.25, 0.3) is 0 Å². The van der Waals surface area contributed by atoms with Gasteiger partial charge >= 0.3 is 5.97 Å². The van der Waals surface area contributed by atoms with Gasteiger partial charge in [-0.15, -0.1) is 0 Å². The van der Waals surface area contributed by atoms with Gasteiger partial charge in [0, 0.05) is 12.3 Å². The van der Waals surface area contributed by atoms with Gasteiger partial charge in [-0.25, -0.2) is 9.78 Å². The van der Waals surface area contributed by atoms with E-state index in [1.54, 1.807) is 24.3 Å². The number of ether oxygens (including phenoxy) is 3. The Kier molecular flexibility index (Phi) is 4.05. The van der Waals surface area contributed by atoms with Gasteiger partial charge in [0.2, 0.25) is 5.75 Å². The maximum absolute atomic E-state index is 10.9. The molecule has 0 amide bonds. The number of nitrogens with zero attached hydrogens (tertiary/aromatic N) is 1. The van der Waals surface area contributed by atoms with E-state index < -0.39 is 5.97 Å². The second-order valence-electron chi connectivity index (χ2n) is 3.78. The van der Waals surface area contributed by atoms with Crippen LogP contribution < -0.4 is 14.2 Å². The van der Waals surface area contributed by atoms with E-state index in [0.717, 1.165) is 0 Å².